The lowest BCUT2D eigenvalue weighted by molar-refractivity contribution is -0.127. The summed E-state index contributed by atoms with van der Waals surface area (Å²) in [5, 5.41) is 4.81. The summed E-state index contributed by atoms with van der Waals surface area (Å²) in [7, 11) is 0. The Bertz CT molecular complexity index is 1210. The van der Waals surface area contributed by atoms with Crippen LogP contribution in [0, 0.1) is 5.82 Å². The molecule has 0 radical (unpaired) electrons. The van der Waals surface area contributed by atoms with Crippen LogP contribution < -0.4 is 15.4 Å². The van der Waals surface area contributed by atoms with Crippen LogP contribution in [0.15, 0.2) is 84.6 Å². The molecule has 0 aliphatic carbocycles. The molecule has 8 heteroatoms. The topological polar surface area (TPSA) is 87.7 Å². The van der Waals surface area contributed by atoms with Crippen LogP contribution in [0.25, 0.3) is 6.08 Å². The van der Waals surface area contributed by atoms with Gasteiger partial charge in [-0.05, 0) is 41.5 Å². The van der Waals surface area contributed by atoms with Gasteiger partial charge in [0.05, 0.1) is 5.69 Å². The maximum atomic E-state index is 13.7. The molecule has 1 aliphatic rings. The summed E-state index contributed by atoms with van der Waals surface area (Å²) >= 11 is 0. The first-order valence-electron chi connectivity index (χ1n) is 10.2. The number of carbonyl (C=O) groups is 3. The lowest BCUT2D eigenvalue weighted by Crippen LogP contribution is -2.38. The fourth-order valence-corrected chi connectivity index (χ4v) is 3.18. The van der Waals surface area contributed by atoms with Crippen LogP contribution in [-0.2, 0) is 16.2 Å². The highest BCUT2D eigenvalue weighted by Gasteiger charge is 2.35. The number of anilines is 1. The second kappa shape index (κ2) is 9.78. The number of halogens is 1. The normalized spacial score (nSPS) is 14.3. The zero-order chi connectivity index (χ0) is 23.2. The SMILES string of the molecule is O=C(CN1C(=O)N/C(=C/c2ccc(OCc3ccccc3)cc2)C1=O)Nc1ccccc1F. The summed E-state index contributed by atoms with van der Waals surface area (Å²) in [4.78, 5) is 37.7. The number of benzene rings is 3. The molecule has 0 spiro atoms. The summed E-state index contributed by atoms with van der Waals surface area (Å²) in [5.74, 6) is -1.29. The van der Waals surface area contributed by atoms with Crippen molar-refractivity contribution < 1.29 is 23.5 Å². The van der Waals surface area contributed by atoms with Gasteiger partial charge in [-0.1, -0.05) is 54.6 Å². The second-order valence-electron chi connectivity index (χ2n) is 7.25. The van der Waals surface area contributed by atoms with Gasteiger partial charge in [-0.15, -0.1) is 0 Å². The lowest BCUT2D eigenvalue weighted by atomic mass is 10.2. The number of ether oxygens (including phenoxy) is 1. The van der Waals surface area contributed by atoms with Crippen molar-refractivity contribution in [2.45, 2.75) is 6.61 Å². The number of hydrogen-bond acceptors (Lipinski definition) is 4. The molecule has 0 bridgehead atoms. The fourth-order valence-electron chi connectivity index (χ4n) is 3.18. The third-order valence-electron chi connectivity index (χ3n) is 4.85. The first-order chi connectivity index (χ1) is 16.0. The standard InChI is InChI=1S/C25H20FN3O4/c26-20-8-4-5-9-21(20)27-23(30)15-29-24(31)22(28-25(29)32)14-17-10-12-19(13-11-17)33-16-18-6-2-1-3-7-18/h1-14H,15-16H2,(H,27,30)(H,28,32)/b22-14+. The largest absolute Gasteiger partial charge is 0.489 e. The minimum Gasteiger partial charge on any atom is -0.489 e. The smallest absolute Gasteiger partial charge is 0.329 e. The van der Waals surface area contributed by atoms with Crippen LogP contribution in [0.1, 0.15) is 11.1 Å². The van der Waals surface area contributed by atoms with Crippen molar-refractivity contribution in [2.24, 2.45) is 0 Å². The van der Waals surface area contributed by atoms with Crippen LogP contribution in [0.3, 0.4) is 0 Å². The van der Waals surface area contributed by atoms with Gasteiger partial charge in [0.25, 0.3) is 5.91 Å². The minimum absolute atomic E-state index is 0.0279. The van der Waals surface area contributed by atoms with E-state index >= 15 is 0 Å². The highest BCUT2D eigenvalue weighted by atomic mass is 19.1. The molecule has 0 saturated carbocycles. The van der Waals surface area contributed by atoms with Crippen molar-refractivity contribution in [3.05, 3.63) is 102 Å². The first-order valence-corrected chi connectivity index (χ1v) is 10.2. The summed E-state index contributed by atoms with van der Waals surface area (Å²) in [5.41, 5.74) is 1.72. The summed E-state index contributed by atoms with van der Waals surface area (Å²) in [6.07, 6.45) is 1.51. The Balaban J connectivity index is 1.37. The van der Waals surface area contributed by atoms with Gasteiger partial charge in [0.2, 0.25) is 5.91 Å². The van der Waals surface area contributed by atoms with E-state index in [0.29, 0.717) is 17.9 Å². The molecule has 0 atom stereocenters. The van der Waals surface area contributed by atoms with E-state index < -0.39 is 30.2 Å². The maximum Gasteiger partial charge on any atom is 0.329 e. The molecule has 3 aromatic carbocycles. The number of amides is 4. The number of urea groups is 1. The molecular formula is C25H20FN3O4. The van der Waals surface area contributed by atoms with E-state index in [2.05, 4.69) is 10.6 Å². The van der Waals surface area contributed by atoms with Crippen molar-refractivity contribution >= 4 is 29.6 Å². The Hall–Kier alpha value is -4.46. The molecule has 7 nitrogen and oxygen atoms in total. The van der Waals surface area contributed by atoms with Crippen LogP contribution in [0.4, 0.5) is 14.9 Å². The van der Waals surface area contributed by atoms with Gasteiger partial charge in [-0.3, -0.25) is 9.59 Å². The Labute approximate surface area is 189 Å². The van der Waals surface area contributed by atoms with E-state index in [1.54, 1.807) is 30.3 Å². The predicted octanol–water partition coefficient (Wildman–Crippen LogP) is 3.94. The zero-order valence-electron chi connectivity index (χ0n) is 17.5. The summed E-state index contributed by atoms with van der Waals surface area (Å²) < 4.78 is 19.4. The molecule has 2 N–H and O–H groups in total. The number of imide groups is 1. The average molecular weight is 445 g/mol. The quantitative estimate of drug-likeness (QED) is 0.426. The fraction of sp³-hybridized carbons (Fsp3) is 0.0800. The molecule has 0 aromatic heterocycles. The van der Waals surface area contributed by atoms with E-state index in [-0.39, 0.29) is 11.4 Å². The van der Waals surface area contributed by atoms with Gasteiger partial charge in [0.1, 0.15) is 30.4 Å². The highest BCUT2D eigenvalue weighted by Crippen LogP contribution is 2.19. The van der Waals surface area contributed by atoms with Crippen molar-refractivity contribution in [3.8, 4) is 5.75 Å². The minimum atomic E-state index is -0.724. The number of nitrogens with one attached hydrogen (secondary N) is 2. The number of nitrogens with zero attached hydrogens (tertiary/aromatic N) is 1. The molecule has 1 fully saturated rings. The molecule has 0 unspecified atom stereocenters. The summed E-state index contributed by atoms with van der Waals surface area (Å²) in [6.45, 7) is -0.109. The molecule has 1 saturated heterocycles. The highest BCUT2D eigenvalue weighted by molar-refractivity contribution is 6.15. The van der Waals surface area contributed by atoms with E-state index in [1.165, 1.54) is 24.3 Å². The Morgan fingerprint density at radius 2 is 1.67 bits per heavy atom. The summed E-state index contributed by atoms with van der Waals surface area (Å²) in [6, 6.07) is 21.7. The molecular weight excluding hydrogens is 425 g/mol. The maximum absolute atomic E-state index is 13.7. The van der Waals surface area contributed by atoms with Gasteiger partial charge in [0, 0.05) is 0 Å². The van der Waals surface area contributed by atoms with Gasteiger partial charge < -0.3 is 15.4 Å². The van der Waals surface area contributed by atoms with Crippen molar-refractivity contribution in [2.75, 3.05) is 11.9 Å². The first kappa shape index (κ1) is 21.8. The van der Waals surface area contributed by atoms with E-state index in [1.807, 2.05) is 30.3 Å². The monoisotopic (exact) mass is 445 g/mol. The van der Waals surface area contributed by atoms with Crippen molar-refractivity contribution in [1.82, 2.24) is 10.2 Å². The molecule has 4 rings (SSSR count). The molecule has 4 amide bonds. The van der Waals surface area contributed by atoms with E-state index in [0.717, 1.165) is 10.5 Å². The van der Waals surface area contributed by atoms with E-state index in [9.17, 15) is 18.8 Å². The number of hydrogen-bond donors (Lipinski definition) is 2. The predicted molar refractivity (Wildman–Crippen MR) is 120 cm³/mol. The zero-order valence-corrected chi connectivity index (χ0v) is 17.5. The number of rotatable bonds is 7. The van der Waals surface area contributed by atoms with Gasteiger partial charge in [0.15, 0.2) is 0 Å². The van der Waals surface area contributed by atoms with Gasteiger partial charge in [-0.25, -0.2) is 14.1 Å². The second-order valence-corrected chi connectivity index (χ2v) is 7.25. The van der Waals surface area contributed by atoms with Crippen molar-refractivity contribution in [1.29, 1.82) is 0 Å². The number of carbonyl (C=O) groups excluding carboxylic acids is 3. The Morgan fingerprint density at radius 1 is 0.970 bits per heavy atom. The molecule has 3 aromatic rings. The van der Waals surface area contributed by atoms with Gasteiger partial charge in [-0.2, -0.15) is 0 Å². The number of para-hydroxylation sites is 1. The third kappa shape index (κ3) is 5.43. The Morgan fingerprint density at radius 3 is 2.39 bits per heavy atom. The molecule has 166 valence electrons. The lowest BCUT2D eigenvalue weighted by Gasteiger charge is -2.12. The van der Waals surface area contributed by atoms with Crippen LogP contribution in [0.2, 0.25) is 0 Å². The van der Waals surface area contributed by atoms with Crippen LogP contribution in [-0.4, -0.2) is 29.3 Å². The van der Waals surface area contributed by atoms with Crippen LogP contribution >= 0.6 is 0 Å². The molecule has 1 heterocycles. The van der Waals surface area contributed by atoms with Crippen molar-refractivity contribution in [3.63, 3.8) is 0 Å². The third-order valence-corrected chi connectivity index (χ3v) is 4.85. The van der Waals surface area contributed by atoms with Gasteiger partial charge >= 0.3 is 6.03 Å². The van der Waals surface area contributed by atoms with E-state index in [4.69, 9.17) is 4.74 Å². The molecule has 1 aliphatic heterocycles. The Kier molecular flexibility index (Phi) is 6.45. The average Bonchev–Trinajstić information content (AvgIpc) is 3.08. The van der Waals surface area contributed by atoms with Crippen LogP contribution in [0.5, 0.6) is 5.75 Å². The molecule has 33 heavy (non-hydrogen) atoms.